The predicted octanol–water partition coefficient (Wildman–Crippen LogP) is 3.91. The van der Waals surface area contributed by atoms with Crippen LogP contribution in [-0.2, 0) is 11.2 Å². The Bertz CT molecular complexity index is 499. The van der Waals surface area contributed by atoms with Crippen LogP contribution in [0.3, 0.4) is 0 Å². The lowest BCUT2D eigenvalue weighted by Gasteiger charge is -2.24. The minimum absolute atomic E-state index is 0.350. The zero-order valence-electron chi connectivity index (χ0n) is 14.9. The fraction of sp³-hybridized carbons (Fsp3) is 0.632. The van der Waals surface area contributed by atoms with E-state index in [1.807, 2.05) is 20.8 Å². The van der Waals surface area contributed by atoms with Gasteiger partial charge in [0, 0.05) is 12.6 Å². The first-order valence-electron chi connectivity index (χ1n) is 8.65. The van der Waals surface area contributed by atoms with E-state index in [1.54, 1.807) is 0 Å². The highest BCUT2D eigenvalue weighted by molar-refractivity contribution is 5.67. The Morgan fingerprint density at radius 1 is 1.22 bits per heavy atom. The molecule has 4 heteroatoms. The van der Waals surface area contributed by atoms with Crippen molar-refractivity contribution < 1.29 is 9.53 Å². The van der Waals surface area contributed by atoms with Crippen LogP contribution >= 0.6 is 0 Å². The molecule has 128 valence electrons. The molecule has 4 nitrogen and oxygen atoms in total. The topological polar surface area (TPSA) is 41.6 Å². The second-order valence-electron chi connectivity index (χ2n) is 7.34. The summed E-state index contributed by atoms with van der Waals surface area (Å²) in [5.74, 6) is 0. The molecule has 0 aromatic heterocycles. The number of hydrogen-bond acceptors (Lipinski definition) is 3. The smallest absolute Gasteiger partial charge is 0.407 e. The number of rotatable bonds is 5. The number of carbonyl (C=O) groups excluding carboxylic acids is 1. The number of likely N-dealkylation sites (tertiary alicyclic amines) is 1. The number of hydrogen-bond donors (Lipinski definition) is 1. The summed E-state index contributed by atoms with van der Waals surface area (Å²) in [6.07, 6.45) is 3.10. The normalized spacial score (nSPS) is 17.0. The van der Waals surface area contributed by atoms with Crippen molar-refractivity contribution in [2.24, 2.45) is 0 Å². The van der Waals surface area contributed by atoms with Crippen molar-refractivity contribution in [3.8, 4) is 0 Å². The Balaban J connectivity index is 1.77. The second kappa shape index (κ2) is 7.82. The van der Waals surface area contributed by atoms with Gasteiger partial charge in [-0.3, -0.25) is 4.90 Å². The second-order valence-corrected chi connectivity index (χ2v) is 7.34. The molecule has 0 saturated carbocycles. The first-order chi connectivity index (χ1) is 10.8. The third-order valence-electron chi connectivity index (χ3n) is 4.23. The number of alkyl carbamates (subject to hydrolysis) is 1. The molecular weight excluding hydrogens is 288 g/mol. The zero-order chi connectivity index (χ0) is 16.9. The van der Waals surface area contributed by atoms with E-state index < -0.39 is 5.60 Å². The molecule has 2 rings (SSSR count). The van der Waals surface area contributed by atoms with Crippen LogP contribution in [0.1, 0.15) is 57.7 Å². The Morgan fingerprint density at radius 2 is 1.83 bits per heavy atom. The number of ether oxygens (including phenoxy) is 1. The monoisotopic (exact) mass is 318 g/mol. The van der Waals surface area contributed by atoms with Crippen LogP contribution in [0.2, 0.25) is 0 Å². The van der Waals surface area contributed by atoms with Gasteiger partial charge in [0.05, 0.1) is 0 Å². The van der Waals surface area contributed by atoms with E-state index in [0.29, 0.717) is 12.6 Å². The summed E-state index contributed by atoms with van der Waals surface area (Å²) in [6.45, 7) is 10.9. The molecule has 1 aromatic rings. The van der Waals surface area contributed by atoms with Crippen LogP contribution < -0.4 is 5.32 Å². The molecule has 1 N–H and O–H groups in total. The van der Waals surface area contributed by atoms with Crippen LogP contribution in [0.5, 0.6) is 0 Å². The third-order valence-corrected chi connectivity index (χ3v) is 4.23. The molecule has 1 atom stereocenters. The van der Waals surface area contributed by atoms with E-state index in [9.17, 15) is 4.79 Å². The van der Waals surface area contributed by atoms with Gasteiger partial charge in [0.2, 0.25) is 0 Å². The number of amides is 1. The van der Waals surface area contributed by atoms with Gasteiger partial charge in [0.15, 0.2) is 0 Å². The van der Waals surface area contributed by atoms with E-state index in [4.69, 9.17) is 4.74 Å². The van der Waals surface area contributed by atoms with Crippen molar-refractivity contribution in [1.82, 2.24) is 10.2 Å². The minimum atomic E-state index is -0.447. The highest BCUT2D eigenvalue weighted by Crippen LogP contribution is 2.24. The molecule has 1 heterocycles. The van der Waals surface area contributed by atoms with Gasteiger partial charge in [0.25, 0.3) is 0 Å². The van der Waals surface area contributed by atoms with Crippen molar-refractivity contribution in [3.63, 3.8) is 0 Å². The van der Waals surface area contributed by atoms with Gasteiger partial charge in [-0.15, -0.1) is 0 Å². The van der Waals surface area contributed by atoms with Gasteiger partial charge in [0.1, 0.15) is 5.60 Å². The maximum Gasteiger partial charge on any atom is 0.407 e. The van der Waals surface area contributed by atoms with Gasteiger partial charge < -0.3 is 10.1 Å². The molecule has 1 amide bonds. The maximum absolute atomic E-state index is 11.6. The fourth-order valence-corrected chi connectivity index (χ4v) is 2.93. The number of nitrogens with zero attached hydrogens (tertiary/aromatic N) is 1. The minimum Gasteiger partial charge on any atom is -0.444 e. The Labute approximate surface area is 140 Å². The SMILES string of the molecule is CC(c1ccc(CCNC(=O)OC(C)(C)C)cc1)N1CCCC1. The average Bonchev–Trinajstić information content (AvgIpc) is 2.99. The summed E-state index contributed by atoms with van der Waals surface area (Å²) in [5.41, 5.74) is 2.16. The van der Waals surface area contributed by atoms with Gasteiger partial charge in [-0.05, 0) is 71.2 Å². The molecule has 1 fully saturated rings. The molecule has 1 saturated heterocycles. The quantitative estimate of drug-likeness (QED) is 0.895. The first-order valence-corrected chi connectivity index (χ1v) is 8.65. The molecular formula is C19H30N2O2. The first kappa shape index (κ1) is 17.8. The summed E-state index contributed by atoms with van der Waals surface area (Å²) in [5, 5.41) is 2.80. The van der Waals surface area contributed by atoms with E-state index >= 15 is 0 Å². The molecule has 23 heavy (non-hydrogen) atoms. The van der Waals surface area contributed by atoms with Crippen molar-refractivity contribution in [2.75, 3.05) is 19.6 Å². The number of benzene rings is 1. The maximum atomic E-state index is 11.6. The number of carbonyl (C=O) groups is 1. The highest BCUT2D eigenvalue weighted by atomic mass is 16.6. The Hall–Kier alpha value is -1.55. The summed E-state index contributed by atoms with van der Waals surface area (Å²) in [7, 11) is 0. The van der Waals surface area contributed by atoms with E-state index in [-0.39, 0.29) is 6.09 Å². The van der Waals surface area contributed by atoms with Gasteiger partial charge >= 0.3 is 6.09 Å². The number of nitrogens with one attached hydrogen (secondary N) is 1. The van der Waals surface area contributed by atoms with Crippen LogP contribution in [0.15, 0.2) is 24.3 Å². The molecule has 1 unspecified atom stereocenters. The Kier molecular flexibility index (Phi) is 6.05. The van der Waals surface area contributed by atoms with Gasteiger partial charge in [-0.2, -0.15) is 0 Å². The fourth-order valence-electron chi connectivity index (χ4n) is 2.93. The molecule has 1 aliphatic heterocycles. The van der Waals surface area contributed by atoms with Crippen LogP contribution in [0.25, 0.3) is 0 Å². The van der Waals surface area contributed by atoms with Crippen LogP contribution in [-0.4, -0.2) is 36.2 Å². The van der Waals surface area contributed by atoms with Gasteiger partial charge in [-0.25, -0.2) is 4.79 Å². The van der Waals surface area contributed by atoms with Gasteiger partial charge in [-0.1, -0.05) is 24.3 Å². The van der Waals surface area contributed by atoms with Crippen molar-refractivity contribution >= 4 is 6.09 Å². The molecule has 1 aliphatic rings. The Morgan fingerprint density at radius 3 is 2.39 bits per heavy atom. The van der Waals surface area contributed by atoms with E-state index in [2.05, 4.69) is 41.4 Å². The summed E-state index contributed by atoms with van der Waals surface area (Å²) >= 11 is 0. The lowest BCUT2D eigenvalue weighted by Crippen LogP contribution is -2.33. The lowest BCUT2D eigenvalue weighted by molar-refractivity contribution is 0.0528. The van der Waals surface area contributed by atoms with Crippen LogP contribution in [0, 0.1) is 0 Å². The molecule has 0 radical (unpaired) electrons. The summed E-state index contributed by atoms with van der Waals surface area (Å²) in [4.78, 5) is 14.1. The molecule has 0 bridgehead atoms. The third kappa shape index (κ3) is 5.87. The van der Waals surface area contributed by atoms with Crippen molar-refractivity contribution in [1.29, 1.82) is 0 Å². The largest absolute Gasteiger partial charge is 0.444 e. The molecule has 0 spiro atoms. The highest BCUT2D eigenvalue weighted by Gasteiger charge is 2.19. The molecule has 1 aromatic carbocycles. The van der Waals surface area contributed by atoms with E-state index in [1.165, 1.54) is 37.1 Å². The average molecular weight is 318 g/mol. The summed E-state index contributed by atoms with van der Waals surface area (Å²) in [6, 6.07) is 9.25. The zero-order valence-corrected chi connectivity index (χ0v) is 14.9. The van der Waals surface area contributed by atoms with Crippen molar-refractivity contribution in [2.45, 2.75) is 58.6 Å². The lowest BCUT2D eigenvalue weighted by atomic mass is 10.0. The van der Waals surface area contributed by atoms with Crippen molar-refractivity contribution in [3.05, 3.63) is 35.4 Å². The van der Waals surface area contributed by atoms with Crippen LogP contribution in [0.4, 0.5) is 4.79 Å². The van der Waals surface area contributed by atoms with E-state index in [0.717, 1.165) is 6.42 Å². The standard InChI is InChI=1S/C19H30N2O2/c1-15(21-13-5-6-14-21)17-9-7-16(8-10-17)11-12-20-18(22)23-19(2,3)4/h7-10,15H,5-6,11-14H2,1-4H3,(H,20,22). The predicted molar refractivity (Wildman–Crippen MR) is 93.6 cm³/mol. The molecule has 0 aliphatic carbocycles. The summed E-state index contributed by atoms with van der Waals surface area (Å²) < 4.78 is 5.23.